The zero-order valence-corrected chi connectivity index (χ0v) is 15.5. The second kappa shape index (κ2) is 8.83. The van der Waals surface area contributed by atoms with Gasteiger partial charge in [0.1, 0.15) is 11.6 Å². The lowest BCUT2D eigenvalue weighted by atomic mass is 10.1. The molecule has 1 aliphatic rings. The highest BCUT2D eigenvalue weighted by molar-refractivity contribution is 6.31. The maximum atomic E-state index is 13.4. The average molecular weight is 404 g/mol. The number of halogens is 3. The Balaban J connectivity index is 1.86. The fraction of sp³-hybridized carbons (Fsp3) is 0.200. The van der Waals surface area contributed by atoms with E-state index in [4.69, 9.17) is 16.3 Å². The first-order valence-electron chi connectivity index (χ1n) is 8.48. The largest absolute Gasteiger partial charge is 0.378 e. The molecule has 144 valence electrons. The summed E-state index contributed by atoms with van der Waals surface area (Å²) in [7, 11) is 0. The summed E-state index contributed by atoms with van der Waals surface area (Å²) in [5.41, 5.74) is 1.15. The van der Waals surface area contributed by atoms with E-state index < -0.39 is 17.5 Å². The molecule has 0 spiro atoms. The summed E-state index contributed by atoms with van der Waals surface area (Å²) in [6, 6.07) is 10.0. The molecule has 1 N–H and O–H groups in total. The molecular formula is C20H16ClF2N3O2. The van der Waals surface area contributed by atoms with Crippen LogP contribution in [0.4, 0.5) is 20.2 Å². The minimum Gasteiger partial charge on any atom is -0.378 e. The van der Waals surface area contributed by atoms with Crippen molar-refractivity contribution in [1.29, 1.82) is 5.26 Å². The molecule has 8 heteroatoms. The van der Waals surface area contributed by atoms with Crippen molar-refractivity contribution in [3.05, 3.63) is 64.2 Å². The van der Waals surface area contributed by atoms with Crippen LogP contribution in [0.5, 0.6) is 0 Å². The lowest BCUT2D eigenvalue weighted by Crippen LogP contribution is -2.36. The van der Waals surface area contributed by atoms with Gasteiger partial charge in [0.15, 0.2) is 11.6 Å². The third-order valence-corrected chi connectivity index (χ3v) is 4.41. The molecule has 0 unspecified atom stereocenters. The van der Waals surface area contributed by atoms with Gasteiger partial charge in [0.05, 0.1) is 24.6 Å². The predicted octanol–water partition coefficient (Wildman–Crippen LogP) is 4.00. The Bertz CT molecular complexity index is 966. The van der Waals surface area contributed by atoms with Gasteiger partial charge in [-0.3, -0.25) is 4.79 Å². The van der Waals surface area contributed by atoms with Gasteiger partial charge in [-0.25, -0.2) is 8.78 Å². The summed E-state index contributed by atoms with van der Waals surface area (Å²) in [5, 5.41) is 12.4. The monoisotopic (exact) mass is 403 g/mol. The quantitative estimate of drug-likeness (QED) is 0.619. The molecule has 0 radical (unpaired) electrons. The number of carbonyl (C=O) groups excluding carboxylic acids is 1. The van der Waals surface area contributed by atoms with Crippen molar-refractivity contribution in [1.82, 2.24) is 0 Å². The molecule has 0 bridgehead atoms. The molecule has 3 rings (SSSR count). The smallest absolute Gasteiger partial charge is 0.266 e. The average Bonchev–Trinajstić information content (AvgIpc) is 2.69. The van der Waals surface area contributed by atoms with Crippen molar-refractivity contribution in [3.8, 4) is 6.07 Å². The maximum absolute atomic E-state index is 13.4. The summed E-state index contributed by atoms with van der Waals surface area (Å²) in [6.07, 6.45) is 1.19. The molecule has 0 saturated carbocycles. The molecule has 28 heavy (non-hydrogen) atoms. The van der Waals surface area contributed by atoms with Gasteiger partial charge in [0.2, 0.25) is 0 Å². The van der Waals surface area contributed by atoms with E-state index in [0.717, 1.165) is 17.8 Å². The number of hydrogen-bond acceptors (Lipinski definition) is 4. The first-order valence-corrected chi connectivity index (χ1v) is 8.86. The molecule has 0 aliphatic carbocycles. The van der Waals surface area contributed by atoms with Crippen LogP contribution in [0.2, 0.25) is 5.02 Å². The Hall–Kier alpha value is -2.95. The van der Waals surface area contributed by atoms with Gasteiger partial charge in [-0.15, -0.1) is 0 Å². The molecule has 5 nitrogen and oxygen atoms in total. The Morgan fingerprint density at radius 1 is 1.18 bits per heavy atom. The van der Waals surface area contributed by atoms with Gasteiger partial charge in [0.25, 0.3) is 5.91 Å². The molecule has 2 aromatic rings. The van der Waals surface area contributed by atoms with E-state index in [-0.39, 0.29) is 11.1 Å². The standard InChI is InChI=1S/C20H16ClF2N3O2/c21-15-2-4-19(26-5-7-28-8-6-26)18(11-15)25-20(27)14(12-24)9-13-1-3-16(22)17(23)10-13/h1-4,9-11H,5-8H2,(H,25,27)/b14-9+. The number of ether oxygens (including phenoxy) is 1. The number of rotatable bonds is 4. The van der Waals surface area contributed by atoms with Crippen LogP contribution in [0.1, 0.15) is 5.56 Å². The normalized spacial score (nSPS) is 14.5. The van der Waals surface area contributed by atoms with Crippen LogP contribution >= 0.6 is 11.6 Å². The van der Waals surface area contributed by atoms with Crippen molar-refractivity contribution in [2.75, 3.05) is 36.5 Å². The second-order valence-corrected chi connectivity index (χ2v) is 6.49. The third-order valence-electron chi connectivity index (χ3n) is 4.18. The molecule has 1 heterocycles. The molecule has 1 aliphatic heterocycles. The molecule has 1 saturated heterocycles. The van der Waals surface area contributed by atoms with Crippen LogP contribution in [0.3, 0.4) is 0 Å². The van der Waals surface area contributed by atoms with Gasteiger partial charge in [0, 0.05) is 18.1 Å². The Labute approximate surface area is 165 Å². The molecule has 2 aromatic carbocycles. The number of morpholine rings is 1. The summed E-state index contributed by atoms with van der Waals surface area (Å²) in [5.74, 6) is -2.74. The minimum absolute atomic E-state index is 0.199. The van der Waals surface area contributed by atoms with E-state index in [2.05, 4.69) is 5.32 Å². The van der Waals surface area contributed by atoms with Gasteiger partial charge < -0.3 is 15.0 Å². The van der Waals surface area contributed by atoms with Crippen molar-refractivity contribution in [3.63, 3.8) is 0 Å². The number of benzene rings is 2. The number of nitrogens with one attached hydrogen (secondary N) is 1. The number of hydrogen-bond donors (Lipinski definition) is 1. The summed E-state index contributed by atoms with van der Waals surface area (Å²) >= 11 is 6.06. The summed E-state index contributed by atoms with van der Waals surface area (Å²) in [4.78, 5) is 14.6. The zero-order valence-electron chi connectivity index (χ0n) is 14.7. The van der Waals surface area contributed by atoms with Crippen molar-refractivity contribution >= 4 is 35.0 Å². The SMILES string of the molecule is N#C/C(=C\c1ccc(F)c(F)c1)C(=O)Nc1cc(Cl)ccc1N1CCOCC1. The molecule has 0 aromatic heterocycles. The first-order chi connectivity index (χ1) is 13.5. The van der Waals surface area contributed by atoms with E-state index in [1.54, 1.807) is 24.3 Å². The lowest BCUT2D eigenvalue weighted by Gasteiger charge is -2.30. The van der Waals surface area contributed by atoms with Gasteiger partial charge in [-0.05, 0) is 42.0 Å². The Morgan fingerprint density at radius 2 is 1.93 bits per heavy atom. The van der Waals surface area contributed by atoms with Crippen molar-refractivity contribution in [2.24, 2.45) is 0 Å². The number of nitriles is 1. The van der Waals surface area contributed by atoms with Crippen LogP contribution in [0, 0.1) is 23.0 Å². The van der Waals surface area contributed by atoms with E-state index in [0.29, 0.717) is 37.0 Å². The highest BCUT2D eigenvalue weighted by Crippen LogP contribution is 2.30. The second-order valence-electron chi connectivity index (χ2n) is 6.06. The topological polar surface area (TPSA) is 65.4 Å². The zero-order chi connectivity index (χ0) is 20.1. The van der Waals surface area contributed by atoms with Crippen LogP contribution in [-0.2, 0) is 9.53 Å². The molecular weight excluding hydrogens is 388 g/mol. The molecule has 1 amide bonds. The molecule has 0 atom stereocenters. The van der Waals surface area contributed by atoms with E-state index in [1.807, 2.05) is 4.90 Å². The minimum atomic E-state index is -1.06. The number of anilines is 2. The Morgan fingerprint density at radius 3 is 2.61 bits per heavy atom. The molecule has 1 fully saturated rings. The van der Waals surface area contributed by atoms with E-state index >= 15 is 0 Å². The lowest BCUT2D eigenvalue weighted by molar-refractivity contribution is -0.112. The van der Waals surface area contributed by atoms with Crippen LogP contribution in [0.15, 0.2) is 42.0 Å². The van der Waals surface area contributed by atoms with Crippen LogP contribution in [0.25, 0.3) is 6.08 Å². The van der Waals surface area contributed by atoms with E-state index in [9.17, 15) is 18.8 Å². The summed E-state index contributed by atoms with van der Waals surface area (Å²) < 4.78 is 31.8. The number of amides is 1. The third kappa shape index (κ3) is 4.66. The Kier molecular flexibility index (Phi) is 6.24. The van der Waals surface area contributed by atoms with Gasteiger partial charge >= 0.3 is 0 Å². The van der Waals surface area contributed by atoms with Crippen molar-refractivity contribution < 1.29 is 18.3 Å². The maximum Gasteiger partial charge on any atom is 0.266 e. The van der Waals surface area contributed by atoms with Crippen LogP contribution < -0.4 is 10.2 Å². The van der Waals surface area contributed by atoms with Crippen molar-refractivity contribution in [2.45, 2.75) is 0 Å². The van der Waals surface area contributed by atoms with Gasteiger partial charge in [-0.2, -0.15) is 5.26 Å². The highest BCUT2D eigenvalue weighted by atomic mass is 35.5. The van der Waals surface area contributed by atoms with E-state index in [1.165, 1.54) is 12.1 Å². The van der Waals surface area contributed by atoms with Gasteiger partial charge in [-0.1, -0.05) is 17.7 Å². The predicted molar refractivity (Wildman–Crippen MR) is 103 cm³/mol. The number of nitrogens with zero attached hydrogens (tertiary/aromatic N) is 2. The number of carbonyl (C=O) groups is 1. The fourth-order valence-electron chi connectivity index (χ4n) is 2.80. The first kappa shape index (κ1) is 19.8. The summed E-state index contributed by atoms with van der Waals surface area (Å²) in [6.45, 7) is 2.44. The fourth-order valence-corrected chi connectivity index (χ4v) is 2.97. The highest BCUT2D eigenvalue weighted by Gasteiger charge is 2.18. The van der Waals surface area contributed by atoms with Crippen LogP contribution in [-0.4, -0.2) is 32.2 Å².